The summed E-state index contributed by atoms with van der Waals surface area (Å²) in [6.07, 6.45) is 8.88. The molecule has 76 valence electrons. The van der Waals surface area contributed by atoms with E-state index in [1.807, 2.05) is 6.08 Å². The van der Waals surface area contributed by atoms with Crippen molar-refractivity contribution in [2.24, 2.45) is 11.3 Å². The van der Waals surface area contributed by atoms with E-state index in [1.54, 1.807) is 13.0 Å². The van der Waals surface area contributed by atoms with Crippen molar-refractivity contribution in [3.8, 4) is 0 Å². The van der Waals surface area contributed by atoms with Crippen molar-refractivity contribution in [1.82, 2.24) is 0 Å². The largest absolute Gasteiger partial charge is 0.295 e. The fourth-order valence-electron chi connectivity index (χ4n) is 1.86. The molecule has 0 fully saturated rings. The monoisotopic (exact) mass is 190 g/mol. The number of hydrogen-bond donors (Lipinski definition) is 0. The fourth-order valence-corrected chi connectivity index (χ4v) is 1.86. The minimum absolute atomic E-state index is 0.100. The molecule has 14 heavy (non-hydrogen) atoms. The molecule has 1 atom stereocenters. The zero-order valence-electron chi connectivity index (χ0n) is 9.21. The lowest BCUT2D eigenvalue weighted by Crippen LogP contribution is -2.25. The first kappa shape index (κ1) is 11.0. The fraction of sp³-hybridized carbons (Fsp3) is 0.462. The molecule has 0 unspecified atom stereocenters. The molecule has 0 aromatic heterocycles. The van der Waals surface area contributed by atoms with Gasteiger partial charge < -0.3 is 0 Å². The van der Waals surface area contributed by atoms with Gasteiger partial charge in [-0.05, 0) is 30.4 Å². The summed E-state index contributed by atoms with van der Waals surface area (Å²) >= 11 is 0. The Balaban J connectivity index is 2.88. The Labute approximate surface area is 86.2 Å². The minimum atomic E-state index is 0.100. The Bertz CT molecular complexity index is 305. The highest BCUT2D eigenvalue weighted by molar-refractivity contribution is 5.87. The molecule has 0 aromatic rings. The van der Waals surface area contributed by atoms with Crippen LogP contribution in [-0.4, -0.2) is 5.78 Å². The van der Waals surface area contributed by atoms with Crippen molar-refractivity contribution in [2.75, 3.05) is 0 Å². The third-order valence-corrected chi connectivity index (χ3v) is 2.74. The normalized spacial score (nSPS) is 25.6. The van der Waals surface area contributed by atoms with Crippen LogP contribution in [0.25, 0.3) is 0 Å². The molecule has 1 rings (SSSR count). The predicted octanol–water partition coefficient (Wildman–Crippen LogP) is 3.29. The van der Waals surface area contributed by atoms with E-state index in [0.29, 0.717) is 0 Å². The number of rotatable bonds is 2. The number of ketones is 1. The van der Waals surface area contributed by atoms with Crippen LogP contribution >= 0.6 is 0 Å². The molecule has 0 saturated heterocycles. The molecule has 0 heterocycles. The Morgan fingerprint density at radius 1 is 1.64 bits per heavy atom. The summed E-state index contributed by atoms with van der Waals surface area (Å²) in [5.41, 5.74) is 1.27. The quantitative estimate of drug-likeness (QED) is 0.611. The highest BCUT2D eigenvalue weighted by Gasteiger charge is 2.30. The predicted molar refractivity (Wildman–Crippen MR) is 60.0 cm³/mol. The van der Waals surface area contributed by atoms with Gasteiger partial charge in [0.25, 0.3) is 0 Å². The molecule has 1 nitrogen and oxygen atoms in total. The van der Waals surface area contributed by atoms with Gasteiger partial charge in [0.05, 0.1) is 0 Å². The van der Waals surface area contributed by atoms with E-state index >= 15 is 0 Å². The SMILES string of the molecule is C=C1C=CCC(C)(C)[C@@H]1/C=C/C(C)=O. The molecule has 1 aliphatic rings. The highest BCUT2D eigenvalue weighted by Crippen LogP contribution is 2.40. The summed E-state index contributed by atoms with van der Waals surface area (Å²) < 4.78 is 0. The van der Waals surface area contributed by atoms with Crippen LogP contribution in [0.5, 0.6) is 0 Å². The average molecular weight is 190 g/mol. The van der Waals surface area contributed by atoms with Gasteiger partial charge in [-0.3, -0.25) is 4.79 Å². The van der Waals surface area contributed by atoms with Gasteiger partial charge in [0.1, 0.15) is 0 Å². The van der Waals surface area contributed by atoms with Crippen LogP contribution < -0.4 is 0 Å². The molecule has 0 bridgehead atoms. The molecule has 1 aliphatic carbocycles. The number of carbonyl (C=O) groups is 1. The van der Waals surface area contributed by atoms with Crippen LogP contribution in [0.3, 0.4) is 0 Å². The maximum atomic E-state index is 10.9. The summed E-state index contributed by atoms with van der Waals surface area (Å²) in [6.45, 7) is 10.0. The smallest absolute Gasteiger partial charge is 0.152 e. The summed E-state index contributed by atoms with van der Waals surface area (Å²) in [5.74, 6) is 0.388. The average Bonchev–Trinajstić information content (AvgIpc) is 2.01. The summed E-state index contributed by atoms with van der Waals surface area (Å²) in [7, 11) is 0. The van der Waals surface area contributed by atoms with E-state index in [0.717, 1.165) is 12.0 Å². The van der Waals surface area contributed by atoms with Gasteiger partial charge in [-0.15, -0.1) is 0 Å². The molecule has 0 spiro atoms. The van der Waals surface area contributed by atoms with E-state index in [9.17, 15) is 4.79 Å². The standard InChI is InChI=1S/C13H18O/c1-10-6-5-9-13(3,4)12(10)8-7-11(2)14/h5-8,12H,1,9H2,2-4H3/b8-7+/t12-/m1/s1. The molecule has 0 aromatic carbocycles. The number of allylic oxidation sites excluding steroid dienone is 5. The van der Waals surface area contributed by atoms with Crippen LogP contribution in [0.4, 0.5) is 0 Å². The van der Waals surface area contributed by atoms with Gasteiger partial charge in [-0.1, -0.05) is 38.7 Å². The zero-order chi connectivity index (χ0) is 10.8. The first-order chi connectivity index (χ1) is 6.43. The van der Waals surface area contributed by atoms with Crippen molar-refractivity contribution in [1.29, 1.82) is 0 Å². The van der Waals surface area contributed by atoms with E-state index < -0.39 is 0 Å². The first-order valence-electron chi connectivity index (χ1n) is 4.97. The Morgan fingerprint density at radius 3 is 2.79 bits per heavy atom. The van der Waals surface area contributed by atoms with Crippen LogP contribution in [-0.2, 0) is 4.79 Å². The van der Waals surface area contributed by atoms with Crippen LogP contribution in [0, 0.1) is 11.3 Å². The van der Waals surface area contributed by atoms with Crippen LogP contribution in [0.1, 0.15) is 27.2 Å². The second-order valence-electron chi connectivity index (χ2n) is 4.62. The van der Waals surface area contributed by atoms with Crippen molar-refractivity contribution >= 4 is 5.78 Å². The third-order valence-electron chi connectivity index (χ3n) is 2.74. The Hall–Kier alpha value is -1.11. The zero-order valence-corrected chi connectivity index (χ0v) is 9.21. The third kappa shape index (κ3) is 2.44. The van der Waals surface area contributed by atoms with Gasteiger partial charge in [0.2, 0.25) is 0 Å². The van der Waals surface area contributed by atoms with E-state index in [1.165, 1.54) is 0 Å². The van der Waals surface area contributed by atoms with Gasteiger partial charge in [0.15, 0.2) is 5.78 Å². The summed E-state index contributed by atoms with van der Waals surface area (Å²) in [5, 5.41) is 0. The van der Waals surface area contributed by atoms with Crippen LogP contribution in [0.15, 0.2) is 36.5 Å². The minimum Gasteiger partial charge on any atom is -0.295 e. The molecule has 0 saturated carbocycles. The molecule has 0 N–H and O–H groups in total. The van der Waals surface area contributed by atoms with Gasteiger partial charge in [-0.25, -0.2) is 0 Å². The van der Waals surface area contributed by atoms with Crippen LogP contribution in [0.2, 0.25) is 0 Å². The number of hydrogen-bond acceptors (Lipinski definition) is 1. The summed E-state index contributed by atoms with van der Waals surface area (Å²) in [6, 6.07) is 0. The lowest BCUT2D eigenvalue weighted by atomic mass is 9.69. The molecular weight excluding hydrogens is 172 g/mol. The Morgan fingerprint density at radius 2 is 2.29 bits per heavy atom. The van der Waals surface area contributed by atoms with Crippen molar-refractivity contribution in [3.63, 3.8) is 0 Å². The second-order valence-corrected chi connectivity index (χ2v) is 4.62. The van der Waals surface area contributed by atoms with Gasteiger partial charge >= 0.3 is 0 Å². The van der Waals surface area contributed by atoms with E-state index in [2.05, 4.69) is 32.6 Å². The maximum Gasteiger partial charge on any atom is 0.152 e. The maximum absolute atomic E-state index is 10.9. The second kappa shape index (κ2) is 3.95. The molecule has 1 heteroatoms. The first-order valence-corrected chi connectivity index (χ1v) is 4.97. The molecule has 0 radical (unpaired) electrons. The lowest BCUT2D eigenvalue weighted by molar-refractivity contribution is -0.112. The van der Waals surface area contributed by atoms with Gasteiger partial charge in [-0.2, -0.15) is 0 Å². The Kier molecular flexibility index (Phi) is 3.10. The lowest BCUT2D eigenvalue weighted by Gasteiger charge is -2.35. The topological polar surface area (TPSA) is 17.1 Å². The number of carbonyl (C=O) groups excluding carboxylic acids is 1. The molecule has 0 amide bonds. The van der Waals surface area contributed by atoms with Crippen molar-refractivity contribution in [3.05, 3.63) is 36.5 Å². The van der Waals surface area contributed by atoms with Crippen molar-refractivity contribution < 1.29 is 4.79 Å². The van der Waals surface area contributed by atoms with E-state index in [-0.39, 0.29) is 17.1 Å². The summed E-state index contributed by atoms with van der Waals surface area (Å²) in [4.78, 5) is 10.9. The van der Waals surface area contributed by atoms with Gasteiger partial charge in [0, 0.05) is 5.92 Å². The van der Waals surface area contributed by atoms with Crippen molar-refractivity contribution in [2.45, 2.75) is 27.2 Å². The van der Waals surface area contributed by atoms with E-state index in [4.69, 9.17) is 0 Å². The molecule has 0 aliphatic heterocycles. The highest BCUT2D eigenvalue weighted by atomic mass is 16.1. The molecular formula is C13H18O.